The summed E-state index contributed by atoms with van der Waals surface area (Å²) in [6, 6.07) is 2.70. The van der Waals surface area contributed by atoms with Gasteiger partial charge in [-0.3, -0.25) is 0 Å². The van der Waals surface area contributed by atoms with Gasteiger partial charge in [0.15, 0.2) is 0 Å². The fourth-order valence-corrected chi connectivity index (χ4v) is 3.12. The average Bonchev–Trinajstić information content (AvgIpc) is 2.41. The molecule has 2 saturated carbocycles. The van der Waals surface area contributed by atoms with E-state index in [-0.39, 0.29) is 18.1 Å². The van der Waals surface area contributed by atoms with E-state index in [4.69, 9.17) is 20.5 Å². The van der Waals surface area contributed by atoms with Gasteiger partial charge in [0.05, 0.1) is 30.3 Å². The summed E-state index contributed by atoms with van der Waals surface area (Å²) < 4.78 is 11.6. The number of hydrogen-bond donors (Lipinski definition) is 1. The van der Waals surface area contributed by atoms with Crippen molar-refractivity contribution >= 4 is 0 Å². The highest BCUT2D eigenvalue weighted by Gasteiger charge is 2.32. The van der Waals surface area contributed by atoms with Crippen LogP contribution in [0.4, 0.5) is 0 Å². The third-order valence-electron chi connectivity index (χ3n) is 4.32. The van der Waals surface area contributed by atoms with Crippen molar-refractivity contribution in [3.05, 3.63) is 0 Å². The van der Waals surface area contributed by atoms with Crippen LogP contribution >= 0.6 is 0 Å². The predicted octanol–water partition coefficient (Wildman–Crippen LogP) is 1.98. The molecule has 0 aromatic carbocycles. The van der Waals surface area contributed by atoms with Gasteiger partial charge >= 0.3 is 0 Å². The van der Waals surface area contributed by atoms with Gasteiger partial charge in [0, 0.05) is 19.6 Å². The van der Waals surface area contributed by atoms with Gasteiger partial charge in [0.2, 0.25) is 0 Å². The van der Waals surface area contributed by atoms with Crippen molar-refractivity contribution in [1.82, 2.24) is 0 Å². The molecule has 0 bridgehead atoms. The maximum absolute atomic E-state index is 9.04. The Bertz CT molecular complexity index is 295. The molecule has 4 heteroatoms. The lowest BCUT2D eigenvalue weighted by Crippen LogP contribution is -2.38. The topological polar surface area (TPSA) is 68.3 Å². The third kappa shape index (κ3) is 3.44. The maximum Gasteiger partial charge on any atom is 0.0754 e. The second-order valence-corrected chi connectivity index (χ2v) is 5.62. The van der Waals surface area contributed by atoms with E-state index in [9.17, 15) is 0 Å². The van der Waals surface area contributed by atoms with Crippen LogP contribution in [-0.4, -0.2) is 31.5 Å². The van der Waals surface area contributed by atoms with Crippen molar-refractivity contribution < 1.29 is 9.47 Å². The van der Waals surface area contributed by atoms with Crippen LogP contribution in [0.1, 0.15) is 44.9 Å². The summed E-state index contributed by atoms with van der Waals surface area (Å²) in [5.74, 6) is 0.0367. The van der Waals surface area contributed by atoms with Crippen molar-refractivity contribution in [2.75, 3.05) is 7.11 Å². The standard InChI is InChI=1S/C14H24N2O2/c1-17-14-8-13(5-2-10(14)9-15)18-12-6-3-11(16)4-7-12/h10-14H,2-8,16H2,1H3. The molecule has 2 fully saturated rings. The van der Waals surface area contributed by atoms with E-state index < -0.39 is 0 Å². The highest BCUT2D eigenvalue weighted by molar-refractivity contribution is 4.94. The number of nitrogens with two attached hydrogens (primary N) is 1. The molecule has 0 amide bonds. The van der Waals surface area contributed by atoms with E-state index in [1.807, 2.05) is 0 Å². The number of hydrogen-bond acceptors (Lipinski definition) is 4. The molecule has 2 N–H and O–H groups in total. The van der Waals surface area contributed by atoms with Gasteiger partial charge in [0.25, 0.3) is 0 Å². The molecule has 3 atom stereocenters. The van der Waals surface area contributed by atoms with Gasteiger partial charge in [-0.2, -0.15) is 5.26 Å². The van der Waals surface area contributed by atoms with Crippen molar-refractivity contribution in [3.63, 3.8) is 0 Å². The Balaban J connectivity index is 1.79. The number of nitriles is 1. The van der Waals surface area contributed by atoms with Gasteiger partial charge in [-0.25, -0.2) is 0 Å². The number of methoxy groups -OCH3 is 1. The third-order valence-corrected chi connectivity index (χ3v) is 4.32. The minimum Gasteiger partial charge on any atom is -0.380 e. The van der Waals surface area contributed by atoms with E-state index in [1.165, 1.54) is 0 Å². The molecule has 3 unspecified atom stereocenters. The number of nitrogens with zero attached hydrogens (tertiary/aromatic N) is 1. The van der Waals surface area contributed by atoms with Crippen LogP contribution < -0.4 is 5.73 Å². The zero-order valence-electron chi connectivity index (χ0n) is 11.2. The highest BCUT2D eigenvalue weighted by Crippen LogP contribution is 2.31. The molecule has 0 spiro atoms. The molecule has 102 valence electrons. The van der Waals surface area contributed by atoms with Crippen LogP contribution in [0.5, 0.6) is 0 Å². The first-order valence-electron chi connectivity index (χ1n) is 7.06. The summed E-state index contributed by atoms with van der Waals surface area (Å²) in [7, 11) is 1.69. The van der Waals surface area contributed by atoms with E-state index in [0.717, 1.165) is 44.9 Å². The minimum absolute atomic E-state index is 0.0367. The second kappa shape index (κ2) is 6.51. The van der Waals surface area contributed by atoms with Crippen LogP contribution in [0.2, 0.25) is 0 Å². The van der Waals surface area contributed by atoms with Gasteiger partial charge in [-0.15, -0.1) is 0 Å². The van der Waals surface area contributed by atoms with E-state index in [2.05, 4.69) is 6.07 Å². The van der Waals surface area contributed by atoms with Gasteiger partial charge in [0.1, 0.15) is 0 Å². The zero-order chi connectivity index (χ0) is 13.0. The lowest BCUT2D eigenvalue weighted by molar-refractivity contribution is -0.0850. The van der Waals surface area contributed by atoms with Crippen molar-refractivity contribution in [2.24, 2.45) is 11.7 Å². The van der Waals surface area contributed by atoms with Crippen LogP contribution in [0.25, 0.3) is 0 Å². The lowest BCUT2D eigenvalue weighted by Gasteiger charge is -2.35. The Morgan fingerprint density at radius 3 is 2.33 bits per heavy atom. The molecule has 2 aliphatic rings. The molecule has 18 heavy (non-hydrogen) atoms. The van der Waals surface area contributed by atoms with Crippen LogP contribution in [0, 0.1) is 17.2 Å². The van der Waals surface area contributed by atoms with Gasteiger partial charge in [-0.05, 0) is 38.5 Å². The van der Waals surface area contributed by atoms with E-state index in [0.29, 0.717) is 12.1 Å². The molecular formula is C14H24N2O2. The summed E-state index contributed by atoms with van der Waals surface area (Å²) in [4.78, 5) is 0. The Morgan fingerprint density at radius 2 is 1.72 bits per heavy atom. The molecule has 0 aliphatic heterocycles. The summed E-state index contributed by atoms with van der Waals surface area (Å²) >= 11 is 0. The second-order valence-electron chi connectivity index (χ2n) is 5.62. The highest BCUT2D eigenvalue weighted by atomic mass is 16.5. The molecule has 0 aromatic rings. The Hall–Kier alpha value is -0.630. The molecule has 4 nitrogen and oxygen atoms in total. The fourth-order valence-electron chi connectivity index (χ4n) is 3.12. The first-order chi connectivity index (χ1) is 8.72. The molecule has 0 radical (unpaired) electrons. The van der Waals surface area contributed by atoms with Crippen molar-refractivity contribution in [1.29, 1.82) is 5.26 Å². The first-order valence-corrected chi connectivity index (χ1v) is 7.06. The quantitative estimate of drug-likeness (QED) is 0.834. The summed E-state index contributed by atoms with van der Waals surface area (Å²) in [6.07, 6.45) is 7.72. The lowest BCUT2D eigenvalue weighted by atomic mass is 9.85. The number of rotatable bonds is 3. The van der Waals surface area contributed by atoms with Crippen LogP contribution in [0.3, 0.4) is 0 Å². The van der Waals surface area contributed by atoms with Crippen molar-refractivity contribution in [3.8, 4) is 6.07 Å². The van der Waals surface area contributed by atoms with Crippen molar-refractivity contribution in [2.45, 2.75) is 69.3 Å². The summed E-state index contributed by atoms with van der Waals surface area (Å²) in [6.45, 7) is 0. The largest absolute Gasteiger partial charge is 0.380 e. The molecular weight excluding hydrogens is 228 g/mol. The van der Waals surface area contributed by atoms with E-state index in [1.54, 1.807) is 7.11 Å². The summed E-state index contributed by atoms with van der Waals surface area (Å²) in [5.41, 5.74) is 5.90. The minimum atomic E-state index is 0.0367. The van der Waals surface area contributed by atoms with Crippen LogP contribution in [-0.2, 0) is 9.47 Å². The normalized spacial score (nSPS) is 41.3. The molecule has 0 aromatic heterocycles. The monoisotopic (exact) mass is 252 g/mol. The van der Waals surface area contributed by atoms with E-state index >= 15 is 0 Å². The first kappa shape index (κ1) is 13.8. The SMILES string of the molecule is COC1CC(OC2CCC(N)CC2)CCC1C#N. The average molecular weight is 252 g/mol. The predicted molar refractivity (Wildman–Crippen MR) is 68.9 cm³/mol. The Kier molecular flexibility index (Phi) is 4.99. The summed E-state index contributed by atoms with van der Waals surface area (Å²) in [5, 5.41) is 9.04. The van der Waals surface area contributed by atoms with Crippen LogP contribution in [0.15, 0.2) is 0 Å². The fraction of sp³-hybridized carbons (Fsp3) is 0.929. The molecule has 0 saturated heterocycles. The molecule has 2 aliphatic carbocycles. The smallest absolute Gasteiger partial charge is 0.0754 e. The van der Waals surface area contributed by atoms with Gasteiger partial charge in [-0.1, -0.05) is 0 Å². The molecule has 2 rings (SSSR count). The Labute approximate surface area is 109 Å². The number of ether oxygens (including phenoxy) is 2. The Morgan fingerprint density at radius 1 is 1.06 bits per heavy atom. The zero-order valence-corrected chi connectivity index (χ0v) is 11.2. The van der Waals surface area contributed by atoms with Gasteiger partial charge < -0.3 is 15.2 Å². The molecule has 0 heterocycles. The maximum atomic E-state index is 9.04.